The van der Waals surface area contributed by atoms with E-state index in [4.69, 9.17) is 4.74 Å². The van der Waals surface area contributed by atoms with Gasteiger partial charge in [-0.3, -0.25) is 0 Å². The van der Waals surface area contributed by atoms with Crippen LogP contribution in [0.3, 0.4) is 0 Å². The van der Waals surface area contributed by atoms with E-state index in [1.165, 1.54) is 0 Å². The van der Waals surface area contributed by atoms with Crippen LogP contribution < -0.4 is 0 Å². The minimum Gasteiger partial charge on any atom is -0.461 e. The maximum Gasteiger partial charge on any atom is 0.355 e. The second-order valence-electron chi connectivity index (χ2n) is 6.83. The number of nitrogens with zero attached hydrogens (tertiary/aromatic N) is 1. The van der Waals surface area contributed by atoms with Gasteiger partial charge in [0.25, 0.3) is 0 Å². The van der Waals surface area contributed by atoms with E-state index in [-0.39, 0.29) is 5.97 Å². The Bertz CT molecular complexity index is 1080. The molecule has 0 N–H and O–H groups in total. The molecule has 4 aromatic rings. The van der Waals surface area contributed by atoms with Gasteiger partial charge in [-0.1, -0.05) is 91.0 Å². The van der Waals surface area contributed by atoms with Crippen molar-refractivity contribution < 1.29 is 9.53 Å². The average molecular weight is 381 g/mol. The SMILES string of the molecule is CCOC(=O)c1c(-c2ccccc2)c(-c2ccccc2)cn1Cc1ccccc1. The zero-order chi connectivity index (χ0) is 20.1. The first-order valence-electron chi connectivity index (χ1n) is 9.83. The third-order valence-electron chi connectivity index (χ3n) is 4.89. The van der Waals surface area contributed by atoms with Crippen LogP contribution in [-0.4, -0.2) is 17.1 Å². The lowest BCUT2D eigenvalue weighted by atomic mass is 9.97. The fourth-order valence-electron chi connectivity index (χ4n) is 3.61. The van der Waals surface area contributed by atoms with E-state index in [2.05, 4.69) is 30.5 Å². The maximum absolute atomic E-state index is 13.1. The van der Waals surface area contributed by atoms with Crippen LogP contribution in [0.15, 0.2) is 97.2 Å². The Kier molecular flexibility index (Phi) is 5.57. The normalized spacial score (nSPS) is 10.7. The molecule has 29 heavy (non-hydrogen) atoms. The molecule has 0 unspecified atom stereocenters. The van der Waals surface area contributed by atoms with Gasteiger partial charge < -0.3 is 9.30 Å². The number of ether oxygens (including phenoxy) is 1. The monoisotopic (exact) mass is 381 g/mol. The third-order valence-corrected chi connectivity index (χ3v) is 4.89. The minimum atomic E-state index is -0.301. The molecule has 0 saturated heterocycles. The van der Waals surface area contributed by atoms with Gasteiger partial charge in [-0.25, -0.2) is 4.79 Å². The predicted octanol–water partition coefficient (Wildman–Crippen LogP) is 6.05. The van der Waals surface area contributed by atoms with Crippen LogP contribution in [0.1, 0.15) is 23.0 Å². The topological polar surface area (TPSA) is 31.2 Å². The molecular weight excluding hydrogens is 358 g/mol. The Morgan fingerprint density at radius 3 is 1.93 bits per heavy atom. The van der Waals surface area contributed by atoms with Crippen LogP contribution >= 0.6 is 0 Å². The fraction of sp³-hybridized carbons (Fsp3) is 0.115. The molecule has 0 aliphatic carbocycles. The van der Waals surface area contributed by atoms with Crippen LogP contribution in [0.5, 0.6) is 0 Å². The van der Waals surface area contributed by atoms with Gasteiger partial charge in [-0.15, -0.1) is 0 Å². The van der Waals surface area contributed by atoms with E-state index in [9.17, 15) is 4.79 Å². The zero-order valence-electron chi connectivity index (χ0n) is 16.4. The minimum absolute atomic E-state index is 0.301. The Hall–Kier alpha value is -3.59. The van der Waals surface area contributed by atoms with E-state index >= 15 is 0 Å². The Labute approximate surface area is 171 Å². The van der Waals surface area contributed by atoms with Gasteiger partial charge in [-0.2, -0.15) is 0 Å². The lowest BCUT2D eigenvalue weighted by molar-refractivity contribution is 0.0515. The Morgan fingerprint density at radius 1 is 0.793 bits per heavy atom. The summed E-state index contributed by atoms with van der Waals surface area (Å²) in [6.45, 7) is 2.77. The molecule has 0 atom stereocenters. The number of hydrogen-bond donors (Lipinski definition) is 0. The molecule has 1 aromatic heterocycles. The van der Waals surface area contributed by atoms with Gasteiger partial charge in [0.15, 0.2) is 0 Å². The predicted molar refractivity (Wildman–Crippen MR) is 117 cm³/mol. The average Bonchev–Trinajstić information content (AvgIpc) is 3.15. The summed E-state index contributed by atoms with van der Waals surface area (Å²) in [5, 5.41) is 0. The Balaban J connectivity index is 1.95. The molecule has 0 bridgehead atoms. The van der Waals surface area contributed by atoms with Crippen LogP contribution in [0.25, 0.3) is 22.3 Å². The van der Waals surface area contributed by atoms with Gasteiger partial charge in [0, 0.05) is 23.9 Å². The molecule has 0 amide bonds. The summed E-state index contributed by atoms with van der Waals surface area (Å²) < 4.78 is 7.47. The quantitative estimate of drug-likeness (QED) is 0.381. The zero-order valence-corrected chi connectivity index (χ0v) is 16.4. The number of hydrogen-bond acceptors (Lipinski definition) is 2. The number of rotatable bonds is 6. The summed E-state index contributed by atoms with van der Waals surface area (Å²) in [6, 6.07) is 30.4. The van der Waals surface area contributed by atoms with Crippen molar-refractivity contribution in [3.63, 3.8) is 0 Å². The summed E-state index contributed by atoms with van der Waals surface area (Å²) in [4.78, 5) is 13.1. The third kappa shape index (κ3) is 3.99. The van der Waals surface area contributed by atoms with Crippen LogP contribution in [0.2, 0.25) is 0 Å². The van der Waals surface area contributed by atoms with E-state index in [1.807, 2.05) is 78.2 Å². The van der Waals surface area contributed by atoms with Crippen molar-refractivity contribution in [2.45, 2.75) is 13.5 Å². The number of esters is 1. The summed E-state index contributed by atoms with van der Waals surface area (Å²) in [5.41, 5.74) is 5.72. The summed E-state index contributed by atoms with van der Waals surface area (Å²) in [5.74, 6) is -0.301. The summed E-state index contributed by atoms with van der Waals surface area (Å²) in [6.07, 6.45) is 2.07. The van der Waals surface area contributed by atoms with Crippen molar-refractivity contribution in [2.24, 2.45) is 0 Å². The van der Waals surface area contributed by atoms with E-state index in [0.717, 1.165) is 27.8 Å². The van der Waals surface area contributed by atoms with Crippen molar-refractivity contribution >= 4 is 5.97 Å². The number of aromatic nitrogens is 1. The van der Waals surface area contributed by atoms with Crippen molar-refractivity contribution in [1.82, 2.24) is 4.57 Å². The van der Waals surface area contributed by atoms with Crippen molar-refractivity contribution in [2.75, 3.05) is 6.61 Å². The van der Waals surface area contributed by atoms with Gasteiger partial charge in [0.1, 0.15) is 5.69 Å². The molecule has 0 saturated carbocycles. The second kappa shape index (κ2) is 8.61. The molecular formula is C26H23NO2. The molecule has 0 spiro atoms. The molecule has 144 valence electrons. The highest BCUT2D eigenvalue weighted by atomic mass is 16.5. The lowest BCUT2D eigenvalue weighted by Crippen LogP contribution is -2.13. The van der Waals surface area contributed by atoms with Crippen LogP contribution in [-0.2, 0) is 11.3 Å². The summed E-state index contributed by atoms with van der Waals surface area (Å²) >= 11 is 0. The molecule has 0 aliphatic heterocycles. The Morgan fingerprint density at radius 2 is 1.34 bits per heavy atom. The second-order valence-corrected chi connectivity index (χ2v) is 6.83. The first kappa shape index (κ1) is 18.8. The van der Waals surface area contributed by atoms with Crippen LogP contribution in [0, 0.1) is 0 Å². The standard InChI is InChI=1S/C26H23NO2/c1-2-29-26(28)25-24(22-16-10-5-11-17-22)23(21-14-8-4-9-15-21)19-27(25)18-20-12-6-3-7-13-20/h3-17,19H,2,18H2,1H3. The maximum atomic E-state index is 13.1. The number of carbonyl (C=O) groups excluding carboxylic acids is 1. The molecule has 0 fully saturated rings. The molecule has 3 heteroatoms. The van der Waals surface area contributed by atoms with Crippen molar-refractivity contribution in [3.8, 4) is 22.3 Å². The fourth-order valence-corrected chi connectivity index (χ4v) is 3.61. The lowest BCUT2D eigenvalue weighted by Gasteiger charge is -2.11. The smallest absolute Gasteiger partial charge is 0.355 e. The molecule has 0 radical (unpaired) electrons. The van der Waals surface area contributed by atoms with Crippen molar-refractivity contribution in [3.05, 3.63) is 108 Å². The van der Waals surface area contributed by atoms with Gasteiger partial charge in [0.2, 0.25) is 0 Å². The number of carbonyl (C=O) groups is 1. The highest BCUT2D eigenvalue weighted by Crippen LogP contribution is 2.37. The molecule has 3 aromatic carbocycles. The van der Waals surface area contributed by atoms with Crippen LogP contribution in [0.4, 0.5) is 0 Å². The van der Waals surface area contributed by atoms with E-state index in [1.54, 1.807) is 0 Å². The largest absolute Gasteiger partial charge is 0.461 e. The highest BCUT2D eigenvalue weighted by molar-refractivity contribution is 6.01. The molecule has 3 nitrogen and oxygen atoms in total. The molecule has 1 heterocycles. The van der Waals surface area contributed by atoms with Gasteiger partial charge in [0.05, 0.1) is 6.61 Å². The van der Waals surface area contributed by atoms with Gasteiger partial charge >= 0.3 is 5.97 Å². The van der Waals surface area contributed by atoms with Gasteiger partial charge in [-0.05, 0) is 23.6 Å². The van der Waals surface area contributed by atoms with E-state index in [0.29, 0.717) is 18.8 Å². The molecule has 4 rings (SSSR count). The first-order valence-corrected chi connectivity index (χ1v) is 9.83. The molecule has 0 aliphatic rings. The number of benzene rings is 3. The highest BCUT2D eigenvalue weighted by Gasteiger charge is 2.24. The van der Waals surface area contributed by atoms with E-state index < -0.39 is 0 Å². The summed E-state index contributed by atoms with van der Waals surface area (Å²) in [7, 11) is 0. The first-order chi connectivity index (χ1) is 14.3. The van der Waals surface area contributed by atoms with Crippen molar-refractivity contribution in [1.29, 1.82) is 0 Å².